The van der Waals surface area contributed by atoms with E-state index in [2.05, 4.69) is 27.3 Å². The molecule has 1 atom stereocenters. The van der Waals surface area contributed by atoms with Gasteiger partial charge in [-0.05, 0) is 56.0 Å². The normalized spacial score (nSPS) is 17.6. The lowest BCUT2D eigenvalue weighted by Crippen LogP contribution is -2.39. The number of amides is 1. The van der Waals surface area contributed by atoms with Crippen LogP contribution in [0, 0.1) is 0 Å². The zero-order chi connectivity index (χ0) is 19.4. The number of hydrogen-bond acceptors (Lipinski definition) is 4. The molecule has 1 fully saturated rings. The molecule has 0 spiro atoms. The monoisotopic (exact) mass is 378 g/mol. The summed E-state index contributed by atoms with van der Waals surface area (Å²) in [5, 5.41) is 10.6. The topological polar surface area (TPSA) is 58.1 Å². The van der Waals surface area contributed by atoms with Crippen LogP contribution in [0.3, 0.4) is 0 Å². The molecule has 1 aromatic carbocycles. The first-order chi connectivity index (χ1) is 12.9. The number of carbonyl (C=O) groups is 1. The van der Waals surface area contributed by atoms with E-state index in [1.165, 1.54) is 18.6 Å². The Bertz CT molecular complexity index is 792. The molecule has 0 radical (unpaired) electrons. The van der Waals surface area contributed by atoms with Gasteiger partial charge in [-0.3, -0.25) is 4.79 Å². The first-order valence-electron chi connectivity index (χ1n) is 8.97. The lowest BCUT2D eigenvalue weighted by atomic mass is 10.0. The Kier molecular flexibility index (Phi) is 5.62. The minimum absolute atomic E-state index is 0.0567. The summed E-state index contributed by atoms with van der Waals surface area (Å²) in [4.78, 5) is 14.5. The summed E-state index contributed by atoms with van der Waals surface area (Å²) in [5.41, 5.74) is -0.707. The number of halogens is 3. The molecule has 1 unspecified atom stereocenters. The number of carbonyl (C=O) groups excluding carboxylic acids is 1. The molecule has 1 N–H and O–H groups in total. The highest BCUT2D eigenvalue weighted by atomic mass is 19.4. The minimum atomic E-state index is -4.47. The van der Waals surface area contributed by atoms with E-state index in [9.17, 15) is 18.0 Å². The van der Waals surface area contributed by atoms with Crippen molar-refractivity contribution >= 4 is 17.4 Å². The Labute approximate surface area is 155 Å². The van der Waals surface area contributed by atoms with Crippen molar-refractivity contribution in [2.75, 3.05) is 16.8 Å². The first-order valence-corrected chi connectivity index (χ1v) is 8.97. The van der Waals surface area contributed by atoms with Gasteiger partial charge in [-0.15, -0.1) is 10.2 Å². The molecule has 8 heteroatoms. The van der Waals surface area contributed by atoms with Crippen LogP contribution in [0.15, 0.2) is 36.4 Å². The molecule has 0 aliphatic carbocycles. The van der Waals surface area contributed by atoms with Crippen LogP contribution >= 0.6 is 0 Å². The van der Waals surface area contributed by atoms with Gasteiger partial charge in [0.1, 0.15) is 0 Å². The maximum Gasteiger partial charge on any atom is 0.416 e. The third-order valence-electron chi connectivity index (χ3n) is 4.72. The van der Waals surface area contributed by atoms with E-state index in [0.29, 0.717) is 6.04 Å². The van der Waals surface area contributed by atoms with Crippen molar-refractivity contribution < 1.29 is 18.0 Å². The van der Waals surface area contributed by atoms with Crippen molar-refractivity contribution in [3.8, 4) is 0 Å². The van der Waals surface area contributed by atoms with Gasteiger partial charge in [0.15, 0.2) is 11.5 Å². The number of nitrogens with one attached hydrogen (secondary N) is 1. The number of anilines is 2. The van der Waals surface area contributed by atoms with E-state index in [0.717, 1.165) is 43.8 Å². The molecular formula is C19H21F3N4O. The molecule has 0 saturated carbocycles. The summed E-state index contributed by atoms with van der Waals surface area (Å²) in [5.74, 6) is 0.122. The predicted octanol–water partition coefficient (Wildman–Crippen LogP) is 4.52. The minimum Gasteiger partial charge on any atom is -0.352 e. The molecule has 1 amide bonds. The number of nitrogens with zero attached hydrogens (tertiary/aromatic N) is 3. The third-order valence-corrected chi connectivity index (χ3v) is 4.72. The molecule has 3 rings (SSSR count). The van der Waals surface area contributed by atoms with E-state index in [1.807, 2.05) is 0 Å². The predicted molar refractivity (Wildman–Crippen MR) is 96.7 cm³/mol. The molecule has 27 heavy (non-hydrogen) atoms. The second-order valence-electron chi connectivity index (χ2n) is 6.56. The second-order valence-corrected chi connectivity index (χ2v) is 6.56. The highest BCUT2D eigenvalue weighted by Crippen LogP contribution is 2.30. The van der Waals surface area contributed by atoms with Crippen molar-refractivity contribution in [1.29, 1.82) is 0 Å². The summed E-state index contributed by atoms with van der Waals surface area (Å²) in [7, 11) is 0. The molecule has 1 aliphatic rings. The Morgan fingerprint density at radius 3 is 2.70 bits per heavy atom. The molecule has 5 nitrogen and oxygen atoms in total. The van der Waals surface area contributed by atoms with Crippen molar-refractivity contribution in [3.63, 3.8) is 0 Å². The Morgan fingerprint density at radius 2 is 2.04 bits per heavy atom. The zero-order valence-electron chi connectivity index (χ0n) is 15.0. The smallest absolute Gasteiger partial charge is 0.352 e. The van der Waals surface area contributed by atoms with Gasteiger partial charge in [-0.1, -0.05) is 13.0 Å². The van der Waals surface area contributed by atoms with Crippen molar-refractivity contribution in [3.05, 3.63) is 47.7 Å². The summed E-state index contributed by atoms with van der Waals surface area (Å²) >= 11 is 0. The summed E-state index contributed by atoms with van der Waals surface area (Å²) in [6, 6.07) is 8.18. The number of alkyl halides is 3. The molecule has 1 saturated heterocycles. The van der Waals surface area contributed by atoms with E-state index in [1.54, 1.807) is 12.1 Å². The molecular weight excluding hydrogens is 357 g/mol. The summed E-state index contributed by atoms with van der Waals surface area (Å²) in [6.45, 7) is 3.04. The molecule has 0 bridgehead atoms. The van der Waals surface area contributed by atoms with Crippen LogP contribution in [-0.2, 0) is 6.18 Å². The lowest BCUT2D eigenvalue weighted by molar-refractivity contribution is -0.137. The van der Waals surface area contributed by atoms with Gasteiger partial charge in [0.2, 0.25) is 0 Å². The fourth-order valence-corrected chi connectivity index (χ4v) is 3.29. The van der Waals surface area contributed by atoms with Gasteiger partial charge in [0, 0.05) is 18.3 Å². The van der Waals surface area contributed by atoms with E-state index in [-0.39, 0.29) is 11.4 Å². The maximum absolute atomic E-state index is 12.8. The number of piperidine rings is 1. The fourth-order valence-electron chi connectivity index (χ4n) is 3.29. The highest BCUT2D eigenvalue weighted by molar-refractivity contribution is 6.02. The highest BCUT2D eigenvalue weighted by Gasteiger charge is 2.30. The first kappa shape index (κ1) is 19.1. The average Bonchev–Trinajstić information content (AvgIpc) is 2.67. The standard InChI is InChI=1S/C19H21F3N4O/c1-2-15-8-3-4-11-26(15)17-10-9-16(24-25-17)18(27)23-14-7-5-6-13(12-14)19(20,21)22/h5-7,9-10,12,15H,2-4,8,11H2,1H3,(H,23,27). The van der Waals surface area contributed by atoms with Gasteiger partial charge in [-0.25, -0.2) is 0 Å². The SMILES string of the molecule is CCC1CCCCN1c1ccc(C(=O)Nc2cccc(C(F)(F)F)c2)nn1. The summed E-state index contributed by atoms with van der Waals surface area (Å²) < 4.78 is 38.3. The Hall–Kier alpha value is -2.64. The lowest BCUT2D eigenvalue weighted by Gasteiger charge is -2.35. The molecule has 1 aliphatic heterocycles. The van der Waals surface area contributed by atoms with Crippen LogP contribution in [0.5, 0.6) is 0 Å². The quantitative estimate of drug-likeness (QED) is 0.850. The molecule has 144 valence electrons. The van der Waals surface area contributed by atoms with Crippen molar-refractivity contribution in [2.45, 2.75) is 44.8 Å². The molecule has 1 aromatic heterocycles. The molecule has 2 heterocycles. The van der Waals surface area contributed by atoms with Gasteiger partial charge < -0.3 is 10.2 Å². The number of rotatable bonds is 4. The van der Waals surface area contributed by atoms with E-state index in [4.69, 9.17) is 0 Å². The van der Waals surface area contributed by atoms with Crippen LogP contribution in [0.1, 0.15) is 48.7 Å². The van der Waals surface area contributed by atoms with Crippen LogP contribution in [-0.4, -0.2) is 28.7 Å². The van der Waals surface area contributed by atoms with Crippen LogP contribution < -0.4 is 10.2 Å². The molecule has 2 aromatic rings. The number of hydrogen-bond donors (Lipinski definition) is 1. The van der Waals surface area contributed by atoms with Crippen LogP contribution in [0.2, 0.25) is 0 Å². The van der Waals surface area contributed by atoms with Gasteiger partial charge in [-0.2, -0.15) is 13.2 Å². The average molecular weight is 378 g/mol. The van der Waals surface area contributed by atoms with Crippen molar-refractivity contribution in [1.82, 2.24) is 10.2 Å². The van der Waals surface area contributed by atoms with Gasteiger partial charge in [0.25, 0.3) is 5.91 Å². The largest absolute Gasteiger partial charge is 0.416 e. The van der Waals surface area contributed by atoms with Crippen molar-refractivity contribution in [2.24, 2.45) is 0 Å². The second kappa shape index (κ2) is 7.94. The summed E-state index contributed by atoms with van der Waals surface area (Å²) in [6.07, 6.45) is -0.0578. The fraction of sp³-hybridized carbons (Fsp3) is 0.421. The number of aromatic nitrogens is 2. The Balaban J connectivity index is 1.71. The van der Waals surface area contributed by atoms with E-state index < -0.39 is 17.6 Å². The number of benzene rings is 1. The third kappa shape index (κ3) is 4.56. The maximum atomic E-state index is 12.8. The Morgan fingerprint density at radius 1 is 1.22 bits per heavy atom. The van der Waals surface area contributed by atoms with Crippen LogP contribution in [0.4, 0.5) is 24.7 Å². The van der Waals surface area contributed by atoms with Crippen LogP contribution in [0.25, 0.3) is 0 Å². The zero-order valence-corrected chi connectivity index (χ0v) is 15.0. The van der Waals surface area contributed by atoms with Gasteiger partial charge >= 0.3 is 6.18 Å². The van der Waals surface area contributed by atoms with Gasteiger partial charge in [0.05, 0.1) is 5.56 Å². The van der Waals surface area contributed by atoms with E-state index >= 15 is 0 Å².